The number of piperidine rings is 1. The van der Waals surface area contributed by atoms with Gasteiger partial charge in [0.05, 0.1) is 23.2 Å². The van der Waals surface area contributed by atoms with Crippen molar-refractivity contribution in [1.82, 2.24) is 9.97 Å². The lowest BCUT2D eigenvalue weighted by Gasteiger charge is -2.42. The Balaban J connectivity index is 1.26. The van der Waals surface area contributed by atoms with E-state index in [9.17, 15) is 4.79 Å². The van der Waals surface area contributed by atoms with Gasteiger partial charge in [-0.2, -0.15) is 0 Å². The molecule has 1 aromatic heterocycles. The van der Waals surface area contributed by atoms with Crippen molar-refractivity contribution >= 4 is 29.3 Å². The van der Waals surface area contributed by atoms with Crippen LogP contribution in [0.1, 0.15) is 55.3 Å². The van der Waals surface area contributed by atoms with Crippen LogP contribution in [0.5, 0.6) is 5.75 Å². The van der Waals surface area contributed by atoms with Crippen molar-refractivity contribution in [3.63, 3.8) is 0 Å². The fourth-order valence-electron chi connectivity index (χ4n) is 5.34. The smallest absolute Gasteiger partial charge is 0.266 e. The summed E-state index contributed by atoms with van der Waals surface area (Å²) in [7, 11) is 1.64. The van der Waals surface area contributed by atoms with Crippen molar-refractivity contribution in [3.8, 4) is 5.75 Å². The first-order valence-corrected chi connectivity index (χ1v) is 13.2. The summed E-state index contributed by atoms with van der Waals surface area (Å²) in [6.07, 6.45) is 4.45. The Morgan fingerprint density at radius 1 is 1.23 bits per heavy atom. The molecule has 6 nitrogen and oxygen atoms in total. The number of ether oxygens (including phenoxy) is 1. The number of methoxy groups -OCH3 is 1. The van der Waals surface area contributed by atoms with E-state index in [0.29, 0.717) is 27.5 Å². The molecule has 3 N–H and O–H groups in total. The molecular weight excluding hydrogens is 480 g/mol. The Morgan fingerprint density at radius 3 is 2.57 bits per heavy atom. The van der Waals surface area contributed by atoms with Crippen molar-refractivity contribution in [2.75, 3.05) is 25.1 Å². The molecule has 0 unspecified atom stereocenters. The normalized spacial score (nSPS) is 18.8. The van der Waals surface area contributed by atoms with Gasteiger partial charge in [0.15, 0.2) is 0 Å². The molecule has 2 aliphatic rings. The van der Waals surface area contributed by atoms with Crippen LogP contribution < -0.4 is 20.9 Å². The van der Waals surface area contributed by atoms with Crippen LogP contribution in [-0.2, 0) is 6.42 Å². The van der Waals surface area contributed by atoms with Crippen LogP contribution in [0.3, 0.4) is 0 Å². The number of aromatic nitrogens is 2. The van der Waals surface area contributed by atoms with Gasteiger partial charge in [-0.05, 0) is 71.6 Å². The predicted octanol–water partition coefficient (Wildman–Crippen LogP) is 5.55. The molecule has 1 saturated heterocycles. The van der Waals surface area contributed by atoms with E-state index in [0.717, 1.165) is 42.8 Å². The van der Waals surface area contributed by atoms with Gasteiger partial charge in [0.25, 0.3) is 5.56 Å². The van der Waals surface area contributed by atoms with E-state index < -0.39 is 0 Å². The van der Waals surface area contributed by atoms with E-state index in [1.54, 1.807) is 13.3 Å². The summed E-state index contributed by atoms with van der Waals surface area (Å²) in [5.74, 6) is 1.80. The van der Waals surface area contributed by atoms with Crippen LogP contribution in [0.15, 0.2) is 57.2 Å². The van der Waals surface area contributed by atoms with Gasteiger partial charge in [-0.1, -0.05) is 49.3 Å². The van der Waals surface area contributed by atoms with Gasteiger partial charge in [-0.3, -0.25) is 9.78 Å². The highest BCUT2D eigenvalue weighted by atomic mass is 35.5. The van der Waals surface area contributed by atoms with Gasteiger partial charge in [-0.25, -0.2) is 4.98 Å². The first kappa shape index (κ1) is 24.2. The summed E-state index contributed by atoms with van der Waals surface area (Å²) in [4.78, 5) is 24.2. The second kappa shape index (κ2) is 9.52. The second-order valence-corrected chi connectivity index (χ2v) is 11.4. The van der Waals surface area contributed by atoms with E-state index in [2.05, 4.69) is 53.0 Å². The third kappa shape index (κ3) is 4.57. The molecule has 1 aliphatic heterocycles. The third-order valence-corrected chi connectivity index (χ3v) is 8.85. The fraction of sp³-hybridized carbons (Fsp3) is 0.407. The van der Waals surface area contributed by atoms with Crippen molar-refractivity contribution in [1.29, 1.82) is 0 Å². The molecule has 1 fully saturated rings. The number of nitrogens with two attached hydrogens (primary N) is 1. The van der Waals surface area contributed by atoms with E-state index in [4.69, 9.17) is 22.1 Å². The molecule has 0 saturated carbocycles. The molecule has 0 radical (unpaired) electrons. The Hall–Kier alpha value is -2.48. The van der Waals surface area contributed by atoms with Crippen LogP contribution in [0, 0.1) is 5.41 Å². The predicted molar refractivity (Wildman–Crippen MR) is 142 cm³/mol. The van der Waals surface area contributed by atoms with Crippen molar-refractivity contribution in [2.24, 2.45) is 11.1 Å². The van der Waals surface area contributed by atoms with Crippen molar-refractivity contribution in [2.45, 2.75) is 54.9 Å². The Labute approximate surface area is 215 Å². The lowest BCUT2D eigenvalue weighted by atomic mass is 9.73. The van der Waals surface area contributed by atoms with E-state index in [1.165, 1.54) is 22.9 Å². The van der Waals surface area contributed by atoms with Crippen LogP contribution in [0.2, 0.25) is 5.02 Å². The molecule has 35 heavy (non-hydrogen) atoms. The minimum absolute atomic E-state index is 0.00718. The topological polar surface area (TPSA) is 84.2 Å². The lowest BCUT2D eigenvalue weighted by molar-refractivity contribution is 0.187. The first-order valence-electron chi connectivity index (χ1n) is 12.0. The number of fused-ring (bicyclic) bond motifs is 1. The fourth-order valence-corrected chi connectivity index (χ4v) is 6.36. The number of halogens is 1. The van der Waals surface area contributed by atoms with Gasteiger partial charge in [0, 0.05) is 24.0 Å². The summed E-state index contributed by atoms with van der Waals surface area (Å²) >= 11 is 7.81. The van der Waals surface area contributed by atoms with Gasteiger partial charge in [0.1, 0.15) is 5.75 Å². The molecule has 1 atom stereocenters. The number of anilines is 1. The molecule has 5 rings (SSSR count). The highest BCUT2D eigenvalue weighted by molar-refractivity contribution is 7.99. The number of hydrogen-bond acceptors (Lipinski definition) is 6. The van der Waals surface area contributed by atoms with Gasteiger partial charge < -0.3 is 15.4 Å². The maximum Gasteiger partial charge on any atom is 0.266 e. The van der Waals surface area contributed by atoms with E-state index in [-0.39, 0.29) is 17.0 Å². The summed E-state index contributed by atoms with van der Waals surface area (Å²) in [6.45, 7) is 5.92. The molecule has 3 aromatic rings. The average molecular weight is 511 g/mol. The molecule has 0 bridgehead atoms. The standard InChI is InChI=1S/C27H31ClN4O2S/c1-16(2)17-4-6-19(7-5-17)35-23-15-30-26(31-25(23)33)32-10-8-27(9-11-32)14-18-12-22(34-3)21(28)13-20(18)24(27)29/h4-7,12-13,15-16,24H,8-11,14,29H2,1-3H3,(H,30,31,33)/t24-/m1/s1. The Kier molecular flexibility index (Phi) is 6.59. The summed E-state index contributed by atoms with van der Waals surface area (Å²) in [6, 6.07) is 12.3. The van der Waals surface area contributed by atoms with Crippen LogP contribution >= 0.6 is 23.4 Å². The Bertz CT molecular complexity index is 1280. The number of nitrogens with one attached hydrogen (secondary N) is 1. The molecule has 8 heteroatoms. The van der Waals surface area contributed by atoms with E-state index >= 15 is 0 Å². The number of hydrogen-bond donors (Lipinski definition) is 2. The number of benzene rings is 2. The molecular formula is C27H31ClN4O2S. The minimum Gasteiger partial charge on any atom is -0.495 e. The minimum atomic E-state index is -0.111. The maximum absolute atomic E-state index is 12.8. The van der Waals surface area contributed by atoms with Crippen LogP contribution in [0.4, 0.5) is 5.95 Å². The molecule has 2 heterocycles. The lowest BCUT2D eigenvalue weighted by Crippen LogP contribution is -2.45. The summed E-state index contributed by atoms with van der Waals surface area (Å²) in [5.41, 5.74) is 10.3. The molecule has 2 aromatic carbocycles. The maximum atomic E-state index is 12.8. The number of H-pyrrole nitrogens is 1. The number of rotatable bonds is 5. The largest absolute Gasteiger partial charge is 0.495 e. The second-order valence-electron chi connectivity index (χ2n) is 9.92. The quantitative estimate of drug-likeness (QED) is 0.468. The number of aromatic amines is 1. The van der Waals surface area contributed by atoms with E-state index in [1.807, 2.05) is 12.1 Å². The monoisotopic (exact) mass is 510 g/mol. The highest BCUT2D eigenvalue weighted by Crippen LogP contribution is 2.52. The molecule has 184 valence electrons. The van der Waals surface area contributed by atoms with Gasteiger partial charge >= 0.3 is 0 Å². The number of nitrogens with zero attached hydrogens (tertiary/aromatic N) is 2. The van der Waals surface area contributed by atoms with Crippen molar-refractivity contribution < 1.29 is 4.74 Å². The molecule has 1 aliphatic carbocycles. The third-order valence-electron chi connectivity index (χ3n) is 7.54. The Morgan fingerprint density at radius 2 is 1.94 bits per heavy atom. The van der Waals surface area contributed by atoms with Crippen molar-refractivity contribution in [3.05, 3.63) is 74.7 Å². The average Bonchev–Trinajstić information content (AvgIpc) is 3.11. The highest BCUT2D eigenvalue weighted by Gasteiger charge is 2.46. The van der Waals surface area contributed by atoms with Gasteiger partial charge in [0.2, 0.25) is 5.95 Å². The zero-order valence-corrected chi connectivity index (χ0v) is 21.9. The SMILES string of the molecule is COc1cc2c(cc1Cl)[C@@H](N)C1(CCN(c3ncc(Sc4ccc(C(C)C)cc4)c(=O)[nH]3)CC1)C2. The van der Waals surface area contributed by atoms with Crippen LogP contribution in [0.25, 0.3) is 0 Å². The molecule has 1 spiro atoms. The van der Waals surface area contributed by atoms with Gasteiger partial charge in [-0.15, -0.1) is 0 Å². The zero-order valence-electron chi connectivity index (χ0n) is 20.3. The first-order chi connectivity index (χ1) is 16.8. The summed E-state index contributed by atoms with van der Waals surface area (Å²) < 4.78 is 5.40. The summed E-state index contributed by atoms with van der Waals surface area (Å²) in [5, 5.41) is 0.604. The van der Waals surface area contributed by atoms with Crippen LogP contribution in [-0.4, -0.2) is 30.2 Å². The molecule has 0 amide bonds. The zero-order chi connectivity index (χ0) is 24.7.